The molecule has 0 aliphatic carbocycles. The van der Waals surface area contributed by atoms with Gasteiger partial charge in [0.15, 0.2) is 0 Å². The Labute approximate surface area is 119 Å². The van der Waals surface area contributed by atoms with Crippen molar-refractivity contribution in [2.45, 2.75) is 6.61 Å². The van der Waals surface area contributed by atoms with Crippen molar-refractivity contribution in [3.8, 4) is 0 Å². The van der Waals surface area contributed by atoms with Crippen molar-refractivity contribution in [2.75, 3.05) is 0 Å². The van der Waals surface area contributed by atoms with Crippen molar-refractivity contribution in [1.29, 1.82) is 0 Å². The standard InChI is InChI=1S/C13H9Cl2N3O/c14-10-3-1-9(2-4-10)8-19-18-13-7-11(15)5-6-12(13)16-17-18/h1-7H,8H2. The second-order valence-corrected chi connectivity index (χ2v) is 4.87. The number of rotatable bonds is 3. The molecule has 1 heterocycles. The van der Waals surface area contributed by atoms with Gasteiger partial charge in [-0.15, -0.1) is 5.10 Å². The zero-order valence-corrected chi connectivity index (χ0v) is 11.3. The molecule has 3 aromatic rings. The summed E-state index contributed by atoms with van der Waals surface area (Å²) in [4.78, 5) is 6.95. The van der Waals surface area contributed by atoms with E-state index in [9.17, 15) is 0 Å². The van der Waals surface area contributed by atoms with Gasteiger partial charge in [0.1, 0.15) is 17.6 Å². The van der Waals surface area contributed by atoms with Gasteiger partial charge in [0, 0.05) is 10.0 Å². The minimum atomic E-state index is 0.377. The molecular weight excluding hydrogens is 285 g/mol. The Kier molecular flexibility index (Phi) is 3.27. The summed E-state index contributed by atoms with van der Waals surface area (Å²) in [6.45, 7) is 0.377. The molecular formula is C13H9Cl2N3O. The predicted octanol–water partition coefficient (Wildman–Crippen LogP) is 3.37. The smallest absolute Gasteiger partial charge is 0.142 e. The molecule has 96 valence electrons. The number of halogens is 2. The maximum atomic E-state index is 5.94. The number of hydrogen-bond acceptors (Lipinski definition) is 3. The Morgan fingerprint density at radius 3 is 2.53 bits per heavy atom. The average molecular weight is 294 g/mol. The van der Waals surface area contributed by atoms with Gasteiger partial charge in [-0.1, -0.05) is 40.2 Å². The Balaban J connectivity index is 1.81. The van der Waals surface area contributed by atoms with Gasteiger partial charge >= 0.3 is 0 Å². The van der Waals surface area contributed by atoms with Crippen LogP contribution < -0.4 is 4.84 Å². The molecule has 0 aliphatic rings. The highest BCUT2D eigenvalue weighted by molar-refractivity contribution is 6.31. The molecule has 0 amide bonds. The lowest BCUT2D eigenvalue weighted by molar-refractivity contribution is 0.0752. The topological polar surface area (TPSA) is 39.9 Å². The van der Waals surface area contributed by atoms with Gasteiger partial charge in [0.25, 0.3) is 0 Å². The molecule has 0 fully saturated rings. The molecule has 0 saturated heterocycles. The molecule has 4 nitrogen and oxygen atoms in total. The first-order valence-electron chi connectivity index (χ1n) is 5.61. The van der Waals surface area contributed by atoms with Crippen molar-refractivity contribution in [3.05, 3.63) is 58.1 Å². The fraction of sp³-hybridized carbons (Fsp3) is 0.0769. The van der Waals surface area contributed by atoms with Crippen LogP contribution in [0.3, 0.4) is 0 Å². The fourth-order valence-electron chi connectivity index (χ4n) is 1.68. The summed E-state index contributed by atoms with van der Waals surface area (Å²) in [5, 5.41) is 9.24. The van der Waals surface area contributed by atoms with Gasteiger partial charge in [0.2, 0.25) is 0 Å². The van der Waals surface area contributed by atoms with E-state index in [0.29, 0.717) is 16.7 Å². The maximum absolute atomic E-state index is 5.94. The molecule has 0 saturated carbocycles. The second kappa shape index (κ2) is 5.07. The van der Waals surface area contributed by atoms with E-state index < -0.39 is 0 Å². The summed E-state index contributed by atoms with van der Waals surface area (Å²) in [6.07, 6.45) is 0. The van der Waals surface area contributed by atoms with Crippen molar-refractivity contribution >= 4 is 34.2 Å². The third-order valence-electron chi connectivity index (χ3n) is 2.64. The summed E-state index contributed by atoms with van der Waals surface area (Å²) >= 11 is 11.8. The number of benzene rings is 2. The quantitative estimate of drug-likeness (QED) is 0.743. The van der Waals surface area contributed by atoms with Crippen LogP contribution in [0.25, 0.3) is 11.0 Å². The lowest BCUT2D eigenvalue weighted by atomic mass is 10.2. The van der Waals surface area contributed by atoms with Crippen LogP contribution in [0.15, 0.2) is 42.5 Å². The Bertz CT molecular complexity index is 709. The maximum Gasteiger partial charge on any atom is 0.142 e. The highest BCUT2D eigenvalue weighted by Crippen LogP contribution is 2.16. The van der Waals surface area contributed by atoms with E-state index in [-0.39, 0.29) is 0 Å². The van der Waals surface area contributed by atoms with E-state index in [4.69, 9.17) is 28.0 Å². The van der Waals surface area contributed by atoms with Gasteiger partial charge < -0.3 is 4.84 Å². The highest BCUT2D eigenvalue weighted by Gasteiger charge is 2.06. The first-order chi connectivity index (χ1) is 9.22. The van der Waals surface area contributed by atoms with Crippen LogP contribution in [0.1, 0.15) is 5.56 Å². The molecule has 0 radical (unpaired) electrons. The Hall–Kier alpha value is -1.78. The summed E-state index contributed by atoms with van der Waals surface area (Å²) in [6, 6.07) is 12.8. The van der Waals surface area contributed by atoms with Crippen molar-refractivity contribution in [2.24, 2.45) is 0 Å². The summed E-state index contributed by atoms with van der Waals surface area (Å²) < 4.78 is 0. The van der Waals surface area contributed by atoms with E-state index in [1.807, 2.05) is 24.3 Å². The summed E-state index contributed by atoms with van der Waals surface area (Å²) in [5.74, 6) is 0. The van der Waals surface area contributed by atoms with E-state index in [2.05, 4.69) is 10.3 Å². The van der Waals surface area contributed by atoms with E-state index in [1.54, 1.807) is 18.2 Å². The average Bonchev–Trinajstić information content (AvgIpc) is 2.80. The van der Waals surface area contributed by atoms with Gasteiger partial charge in [-0.2, -0.15) is 0 Å². The Morgan fingerprint density at radius 2 is 1.74 bits per heavy atom. The third-order valence-corrected chi connectivity index (χ3v) is 3.13. The van der Waals surface area contributed by atoms with E-state index >= 15 is 0 Å². The van der Waals surface area contributed by atoms with Crippen LogP contribution in [-0.2, 0) is 6.61 Å². The molecule has 0 aliphatic heterocycles. The summed E-state index contributed by atoms with van der Waals surface area (Å²) in [5.41, 5.74) is 2.47. The van der Waals surface area contributed by atoms with Crippen LogP contribution in [0, 0.1) is 0 Å². The molecule has 2 aromatic carbocycles. The Morgan fingerprint density at radius 1 is 1.00 bits per heavy atom. The molecule has 0 spiro atoms. The number of fused-ring (bicyclic) bond motifs is 1. The first kappa shape index (κ1) is 12.3. The molecule has 6 heteroatoms. The van der Waals surface area contributed by atoms with Crippen LogP contribution in [0.4, 0.5) is 0 Å². The SMILES string of the molecule is Clc1ccc(COn2nnc3ccc(Cl)cc32)cc1. The van der Waals surface area contributed by atoms with Crippen LogP contribution >= 0.6 is 23.2 Å². The van der Waals surface area contributed by atoms with E-state index in [1.165, 1.54) is 4.85 Å². The number of aromatic nitrogens is 3. The van der Waals surface area contributed by atoms with E-state index in [0.717, 1.165) is 16.6 Å². The van der Waals surface area contributed by atoms with Gasteiger partial charge in [-0.25, -0.2) is 0 Å². The summed E-state index contributed by atoms with van der Waals surface area (Å²) in [7, 11) is 0. The predicted molar refractivity (Wildman–Crippen MR) is 74.3 cm³/mol. The minimum absolute atomic E-state index is 0.377. The molecule has 0 unspecified atom stereocenters. The van der Waals surface area contributed by atoms with Crippen molar-refractivity contribution in [3.63, 3.8) is 0 Å². The van der Waals surface area contributed by atoms with Gasteiger partial charge in [0.05, 0.1) is 0 Å². The van der Waals surface area contributed by atoms with Gasteiger partial charge in [-0.05, 0) is 41.1 Å². The molecule has 1 aromatic heterocycles. The molecule has 19 heavy (non-hydrogen) atoms. The highest BCUT2D eigenvalue weighted by atomic mass is 35.5. The van der Waals surface area contributed by atoms with Crippen molar-refractivity contribution < 1.29 is 4.84 Å². The van der Waals surface area contributed by atoms with Gasteiger partial charge in [-0.3, -0.25) is 0 Å². The number of hydrogen-bond donors (Lipinski definition) is 0. The van der Waals surface area contributed by atoms with Crippen LogP contribution in [0.2, 0.25) is 10.0 Å². The van der Waals surface area contributed by atoms with Crippen LogP contribution in [-0.4, -0.2) is 15.2 Å². The molecule has 0 N–H and O–H groups in total. The normalized spacial score (nSPS) is 10.8. The molecule has 3 rings (SSSR count). The van der Waals surface area contributed by atoms with Crippen molar-refractivity contribution in [1.82, 2.24) is 15.2 Å². The molecule has 0 bridgehead atoms. The van der Waals surface area contributed by atoms with Crippen LogP contribution in [0.5, 0.6) is 0 Å². The minimum Gasteiger partial charge on any atom is -0.390 e. The second-order valence-electron chi connectivity index (χ2n) is 4.00. The lowest BCUT2D eigenvalue weighted by Crippen LogP contribution is -2.12. The zero-order chi connectivity index (χ0) is 13.2. The fourth-order valence-corrected chi connectivity index (χ4v) is 1.98. The largest absolute Gasteiger partial charge is 0.390 e. The lowest BCUT2D eigenvalue weighted by Gasteiger charge is -2.05. The monoisotopic (exact) mass is 293 g/mol. The molecule has 0 atom stereocenters. The number of nitrogens with zero attached hydrogens (tertiary/aromatic N) is 3. The zero-order valence-electron chi connectivity index (χ0n) is 9.75. The third kappa shape index (κ3) is 2.64. The first-order valence-corrected chi connectivity index (χ1v) is 6.37.